The van der Waals surface area contributed by atoms with E-state index in [9.17, 15) is 0 Å². The monoisotopic (exact) mass is 1300 g/mol. The minimum Gasteiger partial charge on any atom is -0.455 e. The summed E-state index contributed by atoms with van der Waals surface area (Å²) in [6.45, 7) is 8.44. The van der Waals surface area contributed by atoms with E-state index in [0.717, 1.165) is 52.3 Å². The van der Waals surface area contributed by atoms with E-state index < -0.39 is 0 Å². The molecule has 0 N–H and O–H groups in total. The number of hydrogen-bond acceptors (Lipinski definition) is 3. The van der Waals surface area contributed by atoms with Gasteiger partial charge in [0.15, 0.2) is 25.5 Å². The van der Waals surface area contributed by atoms with Crippen LogP contribution in [-0.2, 0) is 33.2 Å². The SMILES string of the molecule is Cc1cc(-c2[c-]cccc2)ncc1-c1ccc2ccccc2c1.Cc1cc2[n+](cc1-c1ccc3ccccc3c1)Cc1ccccc1-2.Cc1cc2[n+](cc1-c1cccc3c1oc1ccccc13)Cc1ccccc1-2.[Ir].[c-]1ccccc1-c1ccccn1. The molecule has 0 aliphatic carbocycles. The van der Waals surface area contributed by atoms with Crippen molar-refractivity contribution in [3.8, 4) is 78.4 Å². The minimum atomic E-state index is 0. The van der Waals surface area contributed by atoms with Gasteiger partial charge in [0.25, 0.3) is 0 Å². The Hall–Kier alpha value is -10.2. The third-order valence-corrected chi connectivity index (χ3v) is 16.6. The summed E-state index contributed by atoms with van der Waals surface area (Å²) < 4.78 is 11.0. The van der Waals surface area contributed by atoms with Crippen LogP contribution in [0.25, 0.3) is 122 Å². The third kappa shape index (κ3) is 11.4. The summed E-state index contributed by atoms with van der Waals surface area (Å²) in [6.07, 6.45) is 8.35. The smallest absolute Gasteiger partial charge is 0.213 e. The van der Waals surface area contributed by atoms with E-state index in [1.54, 1.807) is 6.20 Å². The zero-order chi connectivity index (χ0) is 57.9. The van der Waals surface area contributed by atoms with Crippen LogP contribution in [0.5, 0.6) is 0 Å². The zero-order valence-electron chi connectivity index (χ0n) is 48.6. The molecule has 0 bridgehead atoms. The Balaban J connectivity index is 0.000000110. The second-order valence-corrected chi connectivity index (χ2v) is 22.1. The van der Waals surface area contributed by atoms with Crippen LogP contribution in [0.2, 0.25) is 0 Å². The first-order valence-corrected chi connectivity index (χ1v) is 29.3. The second kappa shape index (κ2) is 24.8. The Morgan fingerprint density at radius 2 is 0.885 bits per heavy atom. The second-order valence-electron chi connectivity index (χ2n) is 22.1. The van der Waals surface area contributed by atoms with Crippen molar-refractivity contribution in [2.45, 2.75) is 33.9 Å². The molecule has 7 heterocycles. The first kappa shape index (κ1) is 55.9. The van der Waals surface area contributed by atoms with Crippen molar-refractivity contribution >= 4 is 43.5 Å². The Morgan fingerprint density at radius 3 is 1.49 bits per heavy atom. The molecule has 0 fully saturated rings. The van der Waals surface area contributed by atoms with Gasteiger partial charge in [-0.05, 0) is 118 Å². The molecule has 5 aromatic heterocycles. The van der Waals surface area contributed by atoms with Gasteiger partial charge in [-0.3, -0.25) is 0 Å². The van der Waals surface area contributed by atoms with Gasteiger partial charge in [0.05, 0.1) is 16.7 Å². The molecule has 0 atom stereocenters. The Bertz CT molecular complexity index is 4940. The number of para-hydroxylation sites is 2. The number of benzene rings is 10. The summed E-state index contributed by atoms with van der Waals surface area (Å²) in [6, 6.07) is 97.2. The van der Waals surface area contributed by atoms with Crippen molar-refractivity contribution < 1.29 is 33.7 Å². The van der Waals surface area contributed by atoms with Crippen molar-refractivity contribution in [1.82, 2.24) is 9.97 Å². The number of aromatic nitrogens is 4. The maximum absolute atomic E-state index is 6.26. The molecule has 5 nitrogen and oxygen atoms in total. The van der Waals surface area contributed by atoms with E-state index >= 15 is 0 Å². The van der Waals surface area contributed by atoms with Crippen molar-refractivity contribution in [2.75, 3.05) is 0 Å². The molecule has 2 aliphatic rings. The zero-order valence-corrected chi connectivity index (χ0v) is 51.0. The number of fused-ring (bicyclic) bond motifs is 11. The standard InChI is InChI=1S/C25H18NO.C23H18N.C22H16N.C11H8N.Ir/c1-16-13-23-18-8-3-2-7-17(18)14-26(23)15-22(16)21-11-6-10-20-19-9-4-5-12-24(19)27-25(20)21;1-16-12-23-21-9-5-4-8-20(21)14-24(23)15-22(16)19-11-10-17-6-2-3-7-18(17)13-19;1-16-13-22(18-8-3-2-4-9-18)23-15-21(16)20-12-11-17-7-5-6-10-19(17)14-20;1-2-6-10(7-3-1)11-8-4-5-9-12-11;/h2-13,15H,14H2,1H3;2-13,15H,14H2,1H3;2-8,10-15H,1H3;1-6,8-9H;/q2*+1;2*-1;. The minimum absolute atomic E-state index is 0. The van der Waals surface area contributed by atoms with E-state index in [4.69, 9.17) is 4.42 Å². The van der Waals surface area contributed by atoms with Crippen LogP contribution in [0.1, 0.15) is 27.8 Å². The largest absolute Gasteiger partial charge is 0.455 e. The predicted octanol–water partition coefficient (Wildman–Crippen LogP) is 19.2. The quantitative estimate of drug-likeness (QED) is 0.127. The summed E-state index contributed by atoms with van der Waals surface area (Å²) in [5.41, 5.74) is 25.2. The van der Waals surface area contributed by atoms with Crippen LogP contribution >= 0.6 is 0 Å². The van der Waals surface area contributed by atoms with Gasteiger partial charge in [-0.15, -0.1) is 71.8 Å². The summed E-state index contributed by atoms with van der Waals surface area (Å²) in [7, 11) is 0. The molecule has 0 saturated heterocycles. The van der Waals surface area contributed by atoms with E-state index in [0.29, 0.717) is 0 Å². The number of nitrogens with zero attached hydrogens (tertiary/aromatic N) is 4. The van der Waals surface area contributed by atoms with Gasteiger partial charge in [-0.1, -0.05) is 164 Å². The number of furan rings is 1. The molecule has 2 aliphatic heterocycles. The molecule has 0 spiro atoms. The maximum atomic E-state index is 6.26. The molecule has 0 amide bonds. The molecule has 0 saturated carbocycles. The van der Waals surface area contributed by atoms with Crippen molar-refractivity contribution in [3.63, 3.8) is 0 Å². The topological polar surface area (TPSA) is 46.7 Å². The van der Waals surface area contributed by atoms with E-state index in [1.807, 2.05) is 85.1 Å². The van der Waals surface area contributed by atoms with Crippen molar-refractivity contribution in [2.24, 2.45) is 0 Å². The number of pyridine rings is 4. The molecular weight excluding hydrogens is 1240 g/mol. The van der Waals surface area contributed by atoms with E-state index in [-0.39, 0.29) is 20.1 Å². The molecule has 0 unspecified atom stereocenters. The Morgan fingerprint density at radius 1 is 0.379 bits per heavy atom. The van der Waals surface area contributed by atoms with Crippen LogP contribution in [0.15, 0.2) is 290 Å². The Kier molecular flexibility index (Phi) is 15.9. The predicted molar refractivity (Wildman–Crippen MR) is 352 cm³/mol. The van der Waals surface area contributed by atoms with Crippen LogP contribution in [-0.4, -0.2) is 9.97 Å². The van der Waals surface area contributed by atoms with Gasteiger partial charge in [0.2, 0.25) is 11.4 Å². The first-order chi connectivity index (χ1) is 42.4. The number of hydrogen-bond donors (Lipinski definition) is 0. The molecule has 419 valence electrons. The molecule has 10 aromatic carbocycles. The van der Waals surface area contributed by atoms with Gasteiger partial charge in [-0.25, -0.2) is 0 Å². The summed E-state index contributed by atoms with van der Waals surface area (Å²) >= 11 is 0. The fourth-order valence-electron chi connectivity index (χ4n) is 12.2. The molecule has 87 heavy (non-hydrogen) atoms. The molecular formula is C81H60IrN4O. The van der Waals surface area contributed by atoms with Gasteiger partial charge in [-0.2, -0.15) is 9.13 Å². The normalized spacial score (nSPS) is 11.4. The first-order valence-electron chi connectivity index (χ1n) is 29.3. The van der Waals surface area contributed by atoms with Crippen molar-refractivity contribution in [3.05, 3.63) is 326 Å². The Labute approximate surface area is 521 Å². The van der Waals surface area contributed by atoms with Gasteiger partial charge < -0.3 is 14.4 Å². The van der Waals surface area contributed by atoms with Crippen LogP contribution < -0.4 is 9.13 Å². The summed E-state index contributed by atoms with van der Waals surface area (Å²) in [5.74, 6) is 0. The van der Waals surface area contributed by atoms with Crippen LogP contribution in [0, 0.1) is 32.9 Å². The average molecular weight is 1300 g/mol. The van der Waals surface area contributed by atoms with Crippen molar-refractivity contribution in [1.29, 1.82) is 0 Å². The fourth-order valence-corrected chi connectivity index (χ4v) is 12.2. The van der Waals surface area contributed by atoms with Crippen LogP contribution in [0.4, 0.5) is 0 Å². The fraction of sp³-hybridized carbons (Fsp3) is 0.0617. The summed E-state index contributed by atoms with van der Waals surface area (Å²) in [4.78, 5) is 8.85. The molecule has 6 heteroatoms. The van der Waals surface area contributed by atoms with E-state index in [2.05, 4.69) is 246 Å². The number of aryl methyl sites for hydroxylation is 3. The molecule has 15 aromatic rings. The van der Waals surface area contributed by atoms with Gasteiger partial charge >= 0.3 is 0 Å². The average Bonchev–Trinajstić information content (AvgIpc) is 2.20. The molecule has 1 radical (unpaired) electrons. The molecule has 17 rings (SSSR count). The maximum Gasteiger partial charge on any atom is 0.213 e. The summed E-state index contributed by atoms with van der Waals surface area (Å²) in [5, 5.41) is 7.45. The van der Waals surface area contributed by atoms with Gasteiger partial charge in [0.1, 0.15) is 11.2 Å². The van der Waals surface area contributed by atoms with Gasteiger partial charge in [0, 0.05) is 83.2 Å². The van der Waals surface area contributed by atoms with E-state index in [1.165, 1.54) is 110 Å². The third-order valence-electron chi connectivity index (χ3n) is 16.6. The number of rotatable bonds is 5. The van der Waals surface area contributed by atoms with Crippen LogP contribution in [0.3, 0.4) is 0 Å².